The normalized spacial score (nSPS) is 10.7. The first-order valence-electron chi connectivity index (χ1n) is 7.59. The Balaban J connectivity index is 2.04. The van der Waals surface area contributed by atoms with Crippen molar-refractivity contribution < 1.29 is 0 Å². The highest BCUT2D eigenvalue weighted by atomic mass is 14.2. The number of allylic oxidation sites excluding steroid dienone is 1. The number of unbranched alkanes of at least 4 members (excludes halogenated alkanes) is 2. The number of nitriles is 1. The summed E-state index contributed by atoms with van der Waals surface area (Å²) in [6.07, 6.45) is 8.34. The molecule has 21 heavy (non-hydrogen) atoms. The number of aryl methyl sites for hydroxylation is 1. The fourth-order valence-electron chi connectivity index (χ4n) is 2.36. The summed E-state index contributed by atoms with van der Waals surface area (Å²) in [6, 6.07) is 19.1. The zero-order valence-corrected chi connectivity index (χ0v) is 12.5. The van der Waals surface area contributed by atoms with Gasteiger partial charge in [0.1, 0.15) is 0 Å². The molecule has 0 atom stereocenters. The molecule has 0 bridgehead atoms. The predicted octanol–water partition coefficient (Wildman–Crippen LogP) is 5.62. The summed E-state index contributed by atoms with van der Waals surface area (Å²) in [7, 11) is 0. The van der Waals surface area contributed by atoms with Crippen molar-refractivity contribution in [2.45, 2.75) is 32.6 Å². The van der Waals surface area contributed by atoms with E-state index in [1.807, 2.05) is 24.3 Å². The molecule has 0 saturated carbocycles. The molecule has 2 aromatic carbocycles. The summed E-state index contributed by atoms with van der Waals surface area (Å²) in [6.45, 7) is 2.23. The van der Waals surface area contributed by atoms with Gasteiger partial charge in [-0.3, -0.25) is 0 Å². The van der Waals surface area contributed by atoms with Crippen LogP contribution in [0, 0.1) is 11.3 Å². The summed E-state index contributed by atoms with van der Waals surface area (Å²) in [4.78, 5) is 0. The molecule has 0 saturated heterocycles. The van der Waals surface area contributed by atoms with Crippen LogP contribution in [0.3, 0.4) is 0 Å². The van der Waals surface area contributed by atoms with E-state index in [-0.39, 0.29) is 0 Å². The van der Waals surface area contributed by atoms with Crippen molar-refractivity contribution in [3.8, 4) is 17.2 Å². The monoisotopic (exact) mass is 275 g/mol. The van der Waals surface area contributed by atoms with Crippen LogP contribution in [0.5, 0.6) is 0 Å². The minimum Gasteiger partial charge on any atom is -0.193 e. The number of nitrogens with zero attached hydrogens (tertiary/aromatic N) is 1. The fourth-order valence-corrected chi connectivity index (χ4v) is 2.36. The Bertz CT molecular complexity index is 612. The summed E-state index contributed by atoms with van der Waals surface area (Å²) in [5.41, 5.74) is 4.92. The predicted molar refractivity (Wildman–Crippen MR) is 89.8 cm³/mol. The highest BCUT2D eigenvalue weighted by molar-refractivity contribution is 5.66. The standard InChI is InChI=1S/C20H21N/c1-2-3-4-6-17-8-12-19(13-9-17)20-14-10-18(11-15-20)7-5-16-21/h5,7-15H,2-4,6H2,1H3/b7-5+. The van der Waals surface area contributed by atoms with Crippen LogP contribution in [0.2, 0.25) is 0 Å². The fraction of sp³-hybridized carbons (Fsp3) is 0.250. The Labute approximate surface area is 127 Å². The topological polar surface area (TPSA) is 23.8 Å². The van der Waals surface area contributed by atoms with E-state index in [1.54, 1.807) is 0 Å². The van der Waals surface area contributed by atoms with E-state index in [9.17, 15) is 0 Å². The molecule has 2 aromatic rings. The SMILES string of the molecule is CCCCCc1ccc(-c2ccc(/C=C/C#N)cc2)cc1. The molecule has 1 nitrogen and oxygen atoms in total. The molecule has 0 N–H and O–H groups in total. The van der Waals surface area contributed by atoms with Gasteiger partial charge < -0.3 is 0 Å². The van der Waals surface area contributed by atoms with Gasteiger partial charge in [-0.25, -0.2) is 0 Å². The molecular formula is C20H21N. The third-order valence-corrected chi connectivity index (χ3v) is 3.62. The molecule has 0 unspecified atom stereocenters. The first kappa shape index (κ1) is 15.1. The third kappa shape index (κ3) is 4.61. The maximum absolute atomic E-state index is 8.53. The van der Waals surface area contributed by atoms with Gasteiger partial charge in [-0.1, -0.05) is 68.3 Å². The number of rotatable bonds is 6. The van der Waals surface area contributed by atoms with Crippen LogP contribution in [0.25, 0.3) is 17.2 Å². The summed E-state index contributed by atoms with van der Waals surface area (Å²) < 4.78 is 0. The van der Waals surface area contributed by atoms with Gasteiger partial charge in [0.15, 0.2) is 0 Å². The number of hydrogen-bond donors (Lipinski definition) is 0. The van der Waals surface area contributed by atoms with Gasteiger partial charge in [0.05, 0.1) is 6.07 Å². The number of benzene rings is 2. The van der Waals surface area contributed by atoms with E-state index < -0.39 is 0 Å². The molecule has 0 aromatic heterocycles. The van der Waals surface area contributed by atoms with E-state index >= 15 is 0 Å². The quantitative estimate of drug-likeness (QED) is 0.495. The molecule has 1 heteroatoms. The lowest BCUT2D eigenvalue weighted by atomic mass is 10.0. The minimum absolute atomic E-state index is 1.05. The lowest BCUT2D eigenvalue weighted by molar-refractivity contribution is 0.717. The number of hydrogen-bond acceptors (Lipinski definition) is 1. The molecule has 2 rings (SSSR count). The molecule has 0 aliphatic heterocycles. The van der Waals surface area contributed by atoms with Crippen molar-refractivity contribution in [3.63, 3.8) is 0 Å². The Morgan fingerprint density at radius 2 is 1.52 bits per heavy atom. The van der Waals surface area contributed by atoms with Crippen molar-refractivity contribution in [1.82, 2.24) is 0 Å². The Hall–Kier alpha value is -2.33. The average Bonchev–Trinajstić information content (AvgIpc) is 2.54. The molecule has 106 valence electrons. The molecule has 0 fully saturated rings. The average molecular weight is 275 g/mol. The van der Waals surface area contributed by atoms with E-state index in [1.165, 1.54) is 48.4 Å². The van der Waals surface area contributed by atoms with Crippen molar-refractivity contribution in [1.29, 1.82) is 5.26 Å². The van der Waals surface area contributed by atoms with Crippen molar-refractivity contribution >= 4 is 6.08 Å². The minimum atomic E-state index is 1.05. The van der Waals surface area contributed by atoms with Gasteiger partial charge in [-0.05, 0) is 41.2 Å². The van der Waals surface area contributed by atoms with Gasteiger partial charge in [0, 0.05) is 6.08 Å². The van der Waals surface area contributed by atoms with Crippen LogP contribution in [0.4, 0.5) is 0 Å². The molecule has 0 spiro atoms. The molecule has 0 aliphatic carbocycles. The molecule has 0 aliphatic rings. The van der Waals surface area contributed by atoms with Gasteiger partial charge >= 0.3 is 0 Å². The third-order valence-electron chi connectivity index (χ3n) is 3.62. The van der Waals surface area contributed by atoms with Crippen LogP contribution in [0.15, 0.2) is 54.6 Å². The second kappa shape index (κ2) is 8.07. The maximum Gasteiger partial charge on any atom is 0.0912 e. The summed E-state index contributed by atoms with van der Waals surface area (Å²) in [5.74, 6) is 0. The smallest absolute Gasteiger partial charge is 0.0912 e. The highest BCUT2D eigenvalue weighted by Gasteiger charge is 1.98. The second-order valence-electron chi connectivity index (χ2n) is 5.24. The van der Waals surface area contributed by atoms with E-state index in [0.717, 1.165) is 5.56 Å². The Morgan fingerprint density at radius 1 is 0.905 bits per heavy atom. The molecule has 0 amide bonds. The molecule has 0 heterocycles. The van der Waals surface area contributed by atoms with Crippen LogP contribution in [-0.2, 0) is 6.42 Å². The van der Waals surface area contributed by atoms with Crippen molar-refractivity contribution in [3.05, 3.63) is 65.7 Å². The van der Waals surface area contributed by atoms with E-state index in [0.29, 0.717) is 0 Å². The van der Waals surface area contributed by atoms with Crippen LogP contribution in [0.1, 0.15) is 37.3 Å². The van der Waals surface area contributed by atoms with Gasteiger partial charge in [0.2, 0.25) is 0 Å². The maximum atomic E-state index is 8.53. The first-order valence-corrected chi connectivity index (χ1v) is 7.59. The van der Waals surface area contributed by atoms with Crippen LogP contribution >= 0.6 is 0 Å². The lowest BCUT2D eigenvalue weighted by Gasteiger charge is -2.05. The zero-order chi connectivity index (χ0) is 14.9. The zero-order valence-electron chi connectivity index (χ0n) is 12.5. The van der Waals surface area contributed by atoms with Crippen molar-refractivity contribution in [2.24, 2.45) is 0 Å². The highest BCUT2D eigenvalue weighted by Crippen LogP contribution is 2.21. The Morgan fingerprint density at radius 3 is 2.10 bits per heavy atom. The lowest BCUT2D eigenvalue weighted by Crippen LogP contribution is -1.86. The van der Waals surface area contributed by atoms with Crippen molar-refractivity contribution in [2.75, 3.05) is 0 Å². The van der Waals surface area contributed by atoms with E-state index in [2.05, 4.69) is 43.3 Å². The van der Waals surface area contributed by atoms with Gasteiger partial charge in [-0.2, -0.15) is 5.26 Å². The largest absolute Gasteiger partial charge is 0.193 e. The summed E-state index contributed by atoms with van der Waals surface area (Å²) >= 11 is 0. The van der Waals surface area contributed by atoms with E-state index in [4.69, 9.17) is 5.26 Å². The van der Waals surface area contributed by atoms with Crippen LogP contribution in [-0.4, -0.2) is 0 Å². The summed E-state index contributed by atoms with van der Waals surface area (Å²) in [5, 5.41) is 8.53. The van der Waals surface area contributed by atoms with Gasteiger partial charge in [-0.15, -0.1) is 0 Å². The van der Waals surface area contributed by atoms with Gasteiger partial charge in [0.25, 0.3) is 0 Å². The van der Waals surface area contributed by atoms with Crippen LogP contribution < -0.4 is 0 Å². The Kier molecular flexibility index (Phi) is 5.79. The first-order chi connectivity index (χ1) is 10.3. The molecular weight excluding hydrogens is 254 g/mol. The molecule has 0 radical (unpaired) electrons. The second-order valence-corrected chi connectivity index (χ2v) is 5.24.